The molecule has 0 nitrogen and oxygen atoms in total. The van der Waals surface area contributed by atoms with E-state index in [1.54, 1.807) is 0 Å². The van der Waals surface area contributed by atoms with Gasteiger partial charge in [-0.15, -0.1) is 22.7 Å². The Hall–Kier alpha value is -1.12. The zero-order valence-corrected chi connectivity index (χ0v) is 10.9. The Kier molecular flexibility index (Phi) is 2.34. The van der Waals surface area contributed by atoms with Crippen LogP contribution in [0.3, 0.4) is 0 Å². The summed E-state index contributed by atoms with van der Waals surface area (Å²) in [6, 6.07) is 13.0. The van der Waals surface area contributed by atoms with Crippen LogP contribution in [-0.4, -0.2) is 0 Å². The fraction of sp³-hybridized carbons (Fsp3) is 0.143. The first-order valence-electron chi connectivity index (χ1n) is 5.30. The van der Waals surface area contributed by atoms with E-state index in [1.807, 2.05) is 22.7 Å². The van der Waals surface area contributed by atoms with Crippen molar-refractivity contribution in [3.8, 4) is 10.4 Å². The third-order valence-electron chi connectivity index (χ3n) is 2.75. The van der Waals surface area contributed by atoms with E-state index >= 15 is 0 Å². The normalized spacial score (nSPS) is 11.1. The average molecular weight is 244 g/mol. The molecule has 0 aliphatic heterocycles. The zero-order valence-electron chi connectivity index (χ0n) is 9.28. The lowest BCUT2D eigenvalue weighted by atomic mass is 10.1. The molecule has 2 heteroatoms. The van der Waals surface area contributed by atoms with Gasteiger partial charge in [0, 0.05) is 19.2 Å². The summed E-state index contributed by atoms with van der Waals surface area (Å²) in [5.41, 5.74) is 2.77. The molecule has 0 radical (unpaired) electrons. The predicted octanol–water partition coefficient (Wildman–Crippen LogP) is 5.25. The Balaban J connectivity index is 2.25. The lowest BCUT2D eigenvalue weighted by molar-refractivity contribution is 1.59. The first kappa shape index (κ1) is 10.1. The van der Waals surface area contributed by atoms with Crippen LogP contribution >= 0.6 is 22.7 Å². The topological polar surface area (TPSA) is 0 Å². The Morgan fingerprint density at radius 2 is 1.69 bits per heavy atom. The molecule has 0 saturated carbocycles. The largest absolute Gasteiger partial charge is 0.139 e. The molecule has 0 atom stereocenters. The van der Waals surface area contributed by atoms with E-state index in [9.17, 15) is 0 Å². The Bertz CT molecular complexity index is 629. The fourth-order valence-corrected chi connectivity index (χ4v) is 4.50. The Morgan fingerprint density at radius 1 is 0.938 bits per heavy atom. The summed E-state index contributed by atoms with van der Waals surface area (Å²) in [5.74, 6) is 0. The maximum absolute atomic E-state index is 2.30. The van der Waals surface area contributed by atoms with Crippen molar-refractivity contribution in [2.24, 2.45) is 0 Å². The molecule has 0 amide bonds. The van der Waals surface area contributed by atoms with E-state index in [2.05, 4.69) is 50.2 Å². The van der Waals surface area contributed by atoms with Crippen LogP contribution in [0.15, 0.2) is 36.4 Å². The molecule has 0 aliphatic carbocycles. The number of hydrogen-bond donors (Lipinski definition) is 0. The summed E-state index contributed by atoms with van der Waals surface area (Å²) in [6.45, 7) is 4.41. The summed E-state index contributed by atoms with van der Waals surface area (Å²) < 4.78 is 2.89. The second-order valence-corrected chi connectivity index (χ2v) is 6.28. The average Bonchev–Trinajstić information content (AvgIpc) is 2.79. The molecule has 2 aromatic heterocycles. The van der Waals surface area contributed by atoms with Crippen molar-refractivity contribution in [2.45, 2.75) is 13.8 Å². The lowest BCUT2D eigenvalue weighted by Gasteiger charge is -1.98. The van der Waals surface area contributed by atoms with Crippen molar-refractivity contribution in [3.63, 3.8) is 0 Å². The number of hydrogen-bond acceptors (Lipinski definition) is 2. The molecule has 3 aromatic rings. The quantitative estimate of drug-likeness (QED) is 0.548. The van der Waals surface area contributed by atoms with Crippen LogP contribution in [0, 0.1) is 13.8 Å². The van der Waals surface area contributed by atoms with Gasteiger partial charge in [-0.3, -0.25) is 0 Å². The van der Waals surface area contributed by atoms with Gasteiger partial charge in [0.25, 0.3) is 0 Å². The van der Waals surface area contributed by atoms with Crippen molar-refractivity contribution in [1.82, 2.24) is 0 Å². The number of fused-ring (bicyclic) bond motifs is 1. The zero-order chi connectivity index (χ0) is 11.1. The summed E-state index contributed by atoms with van der Waals surface area (Å²) in [4.78, 5) is 2.82. The first-order valence-corrected chi connectivity index (χ1v) is 6.94. The van der Waals surface area contributed by atoms with Crippen LogP contribution in [0.5, 0.6) is 0 Å². The van der Waals surface area contributed by atoms with Gasteiger partial charge in [0.15, 0.2) is 0 Å². The highest BCUT2D eigenvalue weighted by atomic mass is 32.1. The van der Waals surface area contributed by atoms with Crippen molar-refractivity contribution in [2.75, 3.05) is 0 Å². The highest BCUT2D eigenvalue weighted by Crippen LogP contribution is 2.41. The van der Waals surface area contributed by atoms with Crippen LogP contribution < -0.4 is 0 Å². The first-order chi connectivity index (χ1) is 7.75. The lowest BCUT2D eigenvalue weighted by Crippen LogP contribution is -1.73. The maximum atomic E-state index is 2.30. The molecule has 0 bridgehead atoms. The molecule has 0 aliphatic rings. The molecule has 16 heavy (non-hydrogen) atoms. The molecule has 1 aromatic carbocycles. The van der Waals surface area contributed by atoms with E-state index < -0.39 is 0 Å². The standard InChI is InChI=1S/C14H12S2/c1-9-8-12-14(15-9)10(2)13(16-12)11-6-4-3-5-7-11/h3-8H,1-2H3. The van der Waals surface area contributed by atoms with Crippen molar-refractivity contribution in [1.29, 1.82) is 0 Å². The molecule has 0 spiro atoms. The maximum Gasteiger partial charge on any atom is 0.0489 e. The van der Waals surface area contributed by atoms with Crippen LogP contribution in [0.4, 0.5) is 0 Å². The van der Waals surface area contributed by atoms with Gasteiger partial charge in [0.05, 0.1) is 0 Å². The fourth-order valence-electron chi connectivity index (χ4n) is 1.98. The van der Waals surface area contributed by atoms with Crippen molar-refractivity contribution in [3.05, 3.63) is 46.8 Å². The molecule has 2 heterocycles. The summed E-state index contributed by atoms with van der Waals surface area (Å²) in [7, 11) is 0. The summed E-state index contributed by atoms with van der Waals surface area (Å²) in [6.07, 6.45) is 0. The molecule has 0 saturated heterocycles. The molecule has 0 unspecified atom stereocenters. The molecule has 0 N–H and O–H groups in total. The third-order valence-corrected chi connectivity index (χ3v) is 5.34. The minimum absolute atomic E-state index is 1.34. The van der Waals surface area contributed by atoms with Gasteiger partial charge in [-0.25, -0.2) is 0 Å². The minimum atomic E-state index is 1.34. The van der Waals surface area contributed by atoms with Crippen LogP contribution in [0.25, 0.3) is 19.8 Å². The minimum Gasteiger partial charge on any atom is -0.139 e. The number of aryl methyl sites for hydroxylation is 2. The Morgan fingerprint density at radius 3 is 2.38 bits per heavy atom. The second-order valence-electron chi connectivity index (χ2n) is 3.97. The number of rotatable bonds is 1. The molecule has 3 rings (SSSR count). The van der Waals surface area contributed by atoms with Gasteiger partial charge in [0.1, 0.15) is 0 Å². The van der Waals surface area contributed by atoms with Crippen LogP contribution in [0.2, 0.25) is 0 Å². The smallest absolute Gasteiger partial charge is 0.0489 e. The van der Waals surface area contributed by atoms with E-state index in [0.717, 1.165) is 0 Å². The van der Waals surface area contributed by atoms with E-state index in [1.165, 1.54) is 30.3 Å². The van der Waals surface area contributed by atoms with Gasteiger partial charge >= 0.3 is 0 Å². The Labute approximate surface area is 103 Å². The van der Waals surface area contributed by atoms with Gasteiger partial charge in [-0.1, -0.05) is 30.3 Å². The summed E-state index contributed by atoms with van der Waals surface area (Å²) >= 11 is 3.81. The molecule has 0 fully saturated rings. The van der Waals surface area contributed by atoms with Gasteiger partial charge < -0.3 is 0 Å². The van der Waals surface area contributed by atoms with E-state index in [0.29, 0.717) is 0 Å². The van der Waals surface area contributed by atoms with Crippen molar-refractivity contribution < 1.29 is 0 Å². The highest BCUT2D eigenvalue weighted by molar-refractivity contribution is 7.29. The SMILES string of the molecule is Cc1cc2sc(-c3ccccc3)c(C)c2s1. The highest BCUT2D eigenvalue weighted by Gasteiger charge is 2.11. The number of benzene rings is 1. The summed E-state index contributed by atoms with van der Waals surface area (Å²) in [5, 5.41) is 0. The van der Waals surface area contributed by atoms with Gasteiger partial charge in [-0.2, -0.15) is 0 Å². The van der Waals surface area contributed by atoms with Crippen molar-refractivity contribution >= 4 is 32.1 Å². The third kappa shape index (κ3) is 1.49. The van der Waals surface area contributed by atoms with E-state index in [-0.39, 0.29) is 0 Å². The molecule has 80 valence electrons. The molecular weight excluding hydrogens is 232 g/mol. The van der Waals surface area contributed by atoms with Crippen LogP contribution in [0.1, 0.15) is 10.4 Å². The van der Waals surface area contributed by atoms with Gasteiger partial charge in [0.2, 0.25) is 0 Å². The van der Waals surface area contributed by atoms with Crippen LogP contribution in [-0.2, 0) is 0 Å². The second kappa shape index (κ2) is 3.72. The molecular formula is C14H12S2. The number of thiophene rings is 2. The predicted molar refractivity (Wildman–Crippen MR) is 74.6 cm³/mol. The monoisotopic (exact) mass is 244 g/mol. The van der Waals surface area contributed by atoms with E-state index in [4.69, 9.17) is 0 Å². The van der Waals surface area contributed by atoms with Gasteiger partial charge in [-0.05, 0) is 31.0 Å².